The van der Waals surface area contributed by atoms with Gasteiger partial charge in [0.1, 0.15) is 11.4 Å². The SMILES string of the molecule is CSCc1noc(CN2CCC3(CC(=O)c4ccccc4O3)C2)n1. The summed E-state index contributed by atoms with van der Waals surface area (Å²) in [4.78, 5) is 19.1. The molecule has 2 aromatic rings. The maximum absolute atomic E-state index is 12.4. The molecule has 1 fully saturated rings. The molecule has 1 aromatic carbocycles. The van der Waals surface area contributed by atoms with Crippen LogP contribution in [0.2, 0.25) is 0 Å². The Kier molecular flexibility index (Phi) is 4.05. The summed E-state index contributed by atoms with van der Waals surface area (Å²) in [6.07, 6.45) is 3.27. The van der Waals surface area contributed by atoms with Crippen molar-refractivity contribution >= 4 is 17.5 Å². The summed E-state index contributed by atoms with van der Waals surface area (Å²) >= 11 is 1.67. The molecule has 1 spiro atoms. The maximum atomic E-state index is 12.4. The Labute approximate surface area is 144 Å². The van der Waals surface area contributed by atoms with E-state index in [1.165, 1.54) is 0 Å². The predicted molar refractivity (Wildman–Crippen MR) is 90.2 cm³/mol. The van der Waals surface area contributed by atoms with E-state index in [9.17, 15) is 4.79 Å². The highest BCUT2D eigenvalue weighted by molar-refractivity contribution is 7.97. The standard InChI is InChI=1S/C17H19N3O3S/c1-24-10-15-18-16(23-19-15)9-20-7-6-17(11-20)8-13(21)12-4-2-3-5-14(12)22-17/h2-5H,6-11H2,1H3. The van der Waals surface area contributed by atoms with E-state index >= 15 is 0 Å². The van der Waals surface area contributed by atoms with Crippen molar-refractivity contribution in [1.82, 2.24) is 15.0 Å². The number of rotatable bonds is 4. The largest absolute Gasteiger partial charge is 0.485 e. The highest BCUT2D eigenvalue weighted by Crippen LogP contribution is 2.38. The summed E-state index contributed by atoms with van der Waals surface area (Å²) in [7, 11) is 0. The molecule has 4 rings (SSSR count). The van der Waals surface area contributed by atoms with Crippen molar-refractivity contribution in [2.75, 3.05) is 19.3 Å². The fourth-order valence-electron chi connectivity index (χ4n) is 3.47. The van der Waals surface area contributed by atoms with E-state index in [1.54, 1.807) is 11.8 Å². The topological polar surface area (TPSA) is 68.5 Å². The molecule has 126 valence electrons. The van der Waals surface area contributed by atoms with Crippen LogP contribution in [-0.4, -0.2) is 45.8 Å². The number of thioether (sulfide) groups is 1. The normalized spacial score (nSPS) is 23.5. The number of hydrogen-bond acceptors (Lipinski definition) is 7. The summed E-state index contributed by atoms with van der Waals surface area (Å²) in [6.45, 7) is 2.16. The third-order valence-electron chi connectivity index (χ3n) is 4.53. The van der Waals surface area contributed by atoms with Crippen molar-refractivity contribution in [1.29, 1.82) is 0 Å². The van der Waals surface area contributed by atoms with Crippen LogP contribution in [0.1, 0.15) is 34.9 Å². The zero-order chi connectivity index (χ0) is 16.6. The molecule has 0 amide bonds. The molecule has 1 atom stereocenters. The molecular weight excluding hydrogens is 326 g/mol. The average molecular weight is 345 g/mol. The minimum absolute atomic E-state index is 0.166. The van der Waals surface area contributed by atoms with Gasteiger partial charge in [0.25, 0.3) is 0 Å². The van der Waals surface area contributed by atoms with E-state index in [4.69, 9.17) is 9.26 Å². The first-order valence-electron chi connectivity index (χ1n) is 8.01. The van der Waals surface area contributed by atoms with Gasteiger partial charge in [-0.1, -0.05) is 17.3 Å². The first-order valence-corrected chi connectivity index (χ1v) is 9.41. The van der Waals surface area contributed by atoms with E-state index in [1.807, 2.05) is 30.5 Å². The summed E-state index contributed by atoms with van der Waals surface area (Å²) in [5.74, 6) is 2.97. The fraction of sp³-hybridized carbons (Fsp3) is 0.471. The van der Waals surface area contributed by atoms with Crippen LogP contribution in [0.4, 0.5) is 0 Å². The number of nitrogens with zero attached hydrogens (tertiary/aromatic N) is 3. The lowest BCUT2D eigenvalue weighted by atomic mass is 9.89. The third kappa shape index (κ3) is 2.93. The lowest BCUT2D eigenvalue weighted by molar-refractivity contribution is 0.0449. The monoisotopic (exact) mass is 345 g/mol. The van der Waals surface area contributed by atoms with Gasteiger partial charge in [0.05, 0.1) is 24.3 Å². The Hall–Kier alpha value is -1.86. The maximum Gasteiger partial charge on any atom is 0.240 e. The van der Waals surface area contributed by atoms with Crippen LogP contribution < -0.4 is 4.74 Å². The molecule has 24 heavy (non-hydrogen) atoms. The van der Waals surface area contributed by atoms with Crippen molar-refractivity contribution in [3.8, 4) is 5.75 Å². The number of benzene rings is 1. The Balaban J connectivity index is 1.45. The molecule has 1 unspecified atom stereocenters. The summed E-state index contributed by atoms with van der Waals surface area (Å²) < 4.78 is 11.5. The van der Waals surface area contributed by atoms with Gasteiger partial charge in [0.15, 0.2) is 11.6 Å². The summed E-state index contributed by atoms with van der Waals surface area (Å²) in [5.41, 5.74) is 0.272. The van der Waals surface area contributed by atoms with Crippen LogP contribution in [0.3, 0.4) is 0 Å². The second kappa shape index (κ2) is 6.22. The first kappa shape index (κ1) is 15.7. The Morgan fingerprint density at radius 3 is 3.12 bits per heavy atom. The molecule has 0 bridgehead atoms. The van der Waals surface area contributed by atoms with Gasteiger partial charge >= 0.3 is 0 Å². The number of ketones is 1. The average Bonchev–Trinajstić information content (AvgIpc) is 3.16. The molecule has 0 N–H and O–H groups in total. The number of fused-ring (bicyclic) bond motifs is 1. The smallest absolute Gasteiger partial charge is 0.240 e. The second-order valence-electron chi connectivity index (χ2n) is 6.38. The predicted octanol–water partition coefficient (Wildman–Crippen LogP) is 2.54. The van der Waals surface area contributed by atoms with E-state index < -0.39 is 5.60 Å². The number of likely N-dealkylation sites (tertiary alicyclic amines) is 1. The molecule has 0 radical (unpaired) electrons. The van der Waals surface area contributed by atoms with Crippen LogP contribution >= 0.6 is 11.8 Å². The molecule has 7 heteroatoms. The van der Waals surface area contributed by atoms with Gasteiger partial charge in [-0.15, -0.1) is 0 Å². The number of ether oxygens (including phenoxy) is 1. The molecule has 0 aliphatic carbocycles. The molecule has 0 saturated carbocycles. The van der Waals surface area contributed by atoms with E-state index in [-0.39, 0.29) is 5.78 Å². The van der Waals surface area contributed by atoms with Crippen LogP contribution in [0, 0.1) is 0 Å². The number of hydrogen-bond donors (Lipinski definition) is 0. The minimum atomic E-state index is -0.423. The van der Waals surface area contributed by atoms with Gasteiger partial charge in [-0.3, -0.25) is 9.69 Å². The van der Waals surface area contributed by atoms with Crippen molar-refractivity contribution in [2.24, 2.45) is 0 Å². The quantitative estimate of drug-likeness (QED) is 0.843. The van der Waals surface area contributed by atoms with Crippen molar-refractivity contribution in [3.63, 3.8) is 0 Å². The van der Waals surface area contributed by atoms with Gasteiger partial charge in [-0.25, -0.2) is 0 Å². The molecule has 2 aliphatic rings. The first-order chi connectivity index (χ1) is 11.7. The lowest BCUT2D eigenvalue weighted by Gasteiger charge is -2.34. The zero-order valence-electron chi connectivity index (χ0n) is 13.5. The summed E-state index contributed by atoms with van der Waals surface area (Å²) in [5, 5.41) is 3.97. The number of carbonyl (C=O) groups is 1. The van der Waals surface area contributed by atoms with Crippen LogP contribution in [-0.2, 0) is 12.3 Å². The Bertz CT molecular complexity index is 763. The number of aromatic nitrogens is 2. The summed E-state index contributed by atoms with van der Waals surface area (Å²) in [6, 6.07) is 7.50. The van der Waals surface area contributed by atoms with Gasteiger partial charge < -0.3 is 9.26 Å². The van der Waals surface area contributed by atoms with E-state index in [0.29, 0.717) is 36.7 Å². The Morgan fingerprint density at radius 2 is 2.25 bits per heavy atom. The fourth-order valence-corrected chi connectivity index (χ4v) is 3.84. The third-order valence-corrected chi connectivity index (χ3v) is 5.08. The Morgan fingerprint density at radius 1 is 1.38 bits per heavy atom. The van der Waals surface area contributed by atoms with Gasteiger partial charge in [-0.05, 0) is 18.4 Å². The lowest BCUT2D eigenvalue weighted by Crippen LogP contribution is -2.44. The molecule has 2 aliphatic heterocycles. The zero-order valence-corrected chi connectivity index (χ0v) is 14.3. The van der Waals surface area contributed by atoms with Crippen molar-refractivity contribution in [2.45, 2.75) is 30.7 Å². The molecule has 3 heterocycles. The minimum Gasteiger partial charge on any atom is -0.485 e. The number of Topliss-reactive ketones (excluding diaryl/α,β-unsaturated/α-hetero) is 1. The van der Waals surface area contributed by atoms with Crippen molar-refractivity contribution < 1.29 is 14.1 Å². The van der Waals surface area contributed by atoms with Crippen LogP contribution in [0.25, 0.3) is 0 Å². The molecular formula is C17H19N3O3S. The van der Waals surface area contributed by atoms with Crippen LogP contribution in [0.5, 0.6) is 5.75 Å². The molecule has 1 aromatic heterocycles. The van der Waals surface area contributed by atoms with Crippen molar-refractivity contribution in [3.05, 3.63) is 41.5 Å². The number of para-hydroxylation sites is 1. The van der Waals surface area contributed by atoms with E-state index in [0.717, 1.165) is 24.5 Å². The highest BCUT2D eigenvalue weighted by Gasteiger charge is 2.45. The highest BCUT2D eigenvalue weighted by atomic mass is 32.2. The van der Waals surface area contributed by atoms with Crippen LogP contribution in [0.15, 0.2) is 28.8 Å². The second-order valence-corrected chi connectivity index (χ2v) is 7.25. The van der Waals surface area contributed by atoms with Gasteiger partial charge in [-0.2, -0.15) is 16.7 Å². The van der Waals surface area contributed by atoms with Gasteiger partial charge in [0, 0.05) is 19.5 Å². The molecule has 1 saturated heterocycles. The number of carbonyl (C=O) groups excluding carboxylic acids is 1. The van der Waals surface area contributed by atoms with E-state index in [2.05, 4.69) is 15.0 Å². The van der Waals surface area contributed by atoms with Gasteiger partial charge in [0.2, 0.25) is 5.89 Å². The molecule has 6 nitrogen and oxygen atoms in total.